The number of rotatable bonds is 2. The van der Waals surface area contributed by atoms with Crippen LogP contribution in [0.4, 0.5) is 5.69 Å². The number of hydrogen-bond donors (Lipinski definition) is 1. The number of pyridine rings is 1. The summed E-state index contributed by atoms with van der Waals surface area (Å²) in [7, 11) is 1.60. The van der Waals surface area contributed by atoms with Crippen LogP contribution in [0, 0.1) is 0 Å². The molecule has 0 saturated heterocycles. The highest BCUT2D eigenvalue weighted by Crippen LogP contribution is 2.29. The van der Waals surface area contributed by atoms with Crippen LogP contribution in [0.5, 0.6) is 5.88 Å². The normalized spacial score (nSPS) is 15.7. The maximum Gasteiger partial charge on any atom is 0.237 e. The van der Waals surface area contributed by atoms with Gasteiger partial charge in [-0.3, -0.25) is 4.90 Å². The summed E-state index contributed by atoms with van der Waals surface area (Å²) >= 11 is 0. The largest absolute Gasteiger partial charge is 0.480 e. The Morgan fingerprint density at radius 3 is 2.80 bits per heavy atom. The highest BCUT2D eigenvalue weighted by molar-refractivity contribution is 5.52. The lowest BCUT2D eigenvalue weighted by molar-refractivity contribution is 0.226. The molecule has 0 spiro atoms. The number of fused-ring (bicyclic) bond motifs is 1. The van der Waals surface area contributed by atoms with Crippen molar-refractivity contribution in [3.8, 4) is 5.88 Å². The molecule has 1 aromatic heterocycles. The first kappa shape index (κ1) is 10.2. The zero-order valence-electron chi connectivity index (χ0n) is 9.45. The topological polar surface area (TPSA) is 51.4 Å². The number of hydrogen-bond acceptors (Lipinski definition) is 4. The number of methoxy groups -OCH3 is 1. The van der Waals surface area contributed by atoms with E-state index in [2.05, 4.69) is 23.7 Å². The Kier molecular flexibility index (Phi) is 2.52. The first-order chi connectivity index (χ1) is 7.11. The van der Waals surface area contributed by atoms with E-state index < -0.39 is 0 Å². The van der Waals surface area contributed by atoms with Crippen molar-refractivity contribution in [3.63, 3.8) is 0 Å². The van der Waals surface area contributed by atoms with E-state index in [0.29, 0.717) is 17.6 Å². The van der Waals surface area contributed by atoms with Crippen molar-refractivity contribution in [1.82, 2.24) is 9.88 Å². The second kappa shape index (κ2) is 3.70. The molecule has 1 aliphatic rings. The molecule has 2 N–H and O–H groups in total. The molecule has 0 aromatic carbocycles. The quantitative estimate of drug-likeness (QED) is 0.796. The van der Waals surface area contributed by atoms with Gasteiger partial charge >= 0.3 is 0 Å². The molecule has 2 rings (SSSR count). The predicted octanol–water partition coefficient (Wildman–Crippen LogP) is 1.40. The van der Waals surface area contributed by atoms with Crippen LogP contribution in [-0.4, -0.2) is 23.0 Å². The van der Waals surface area contributed by atoms with Crippen molar-refractivity contribution in [1.29, 1.82) is 0 Å². The first-order valence-corrected chi connectivity index (χ1v) is 5.18. The number of ether oxygens (including phenoxy) is 1. The van der Waals surface area contributed by atoms with Crippen LogP contribution in [0.3, 0.4) is 0 Å². The first-order valence-electron chi connectivity index (χ1n) is 5.18. The fourth-order valence-corrected chi connectivity index (χ4v) is 1.86. The number of nitrogens with two attached hydrogens (primary N) is 1. The molecule has 0 amide bonds. The minimum absolute atomic E-state index is 0.534. The average Bonchev–Trinajstić information content (AvgIpc) is 2.59. The predicted molar refractivity (Wildman–Crippen MR) is 59.6 cm³/mol. The Morgan fingerprint density at radius 1 is 1.47 bits per heavy atom. The van der Waals surface area contributed by atoms with E-state index in [9.17, 15) is 0 Å². The summed E-state index contributed by atoms with van der Waals surface area (Å²) in [6.07, 6.45) is 0. The lowest BCUT2D eigenvalue weighted by atomic mass is 10.2. The standard InChI is InChI=1S/C11H17N3O/c1-7(2)14-5-8-4-9(12)11(15-3)13-10(8)6-14/h4,7H,5-6,12H2,1-3H3. The summed E-state index contributed by atoms with van der Waals surface area (Å²) in [4.78, 5) is 6.77. The Hall–Kier alpha value is -1.29. The van der Waals surface area contributed by atoms with Crippen LogP contribution in [-0.2, 0) is 13.1 Å². The van der Waals surface area contributed by atoms with Crippen molar-refractivity contribution in [2.24, 2.45) is 0 Å². The van der Waals surface area contributed by atoms with E-state index in [0.717, 1.165) is 18.8 Å². The van der Waals surface area contributed by atoms with Crippen LogP contribution in [0.15, 0.2) is 6.07 Å². The van der Waals surface area contributed by atoms with Crippen molar-refractivity contribution < 1.29 is 4.74 Å². The van der Waals surface area contributed by atoms with Crippen LogP contribution in [0.25, 0.3) is 0 Å². The molecule has 0 radical (unpaired) electrons. The van der Waals surface area contributed by atoms with Gasteiger partial charge in [-0.1, -0.05) is 0 Å². The van der Waals surface area contributed by atoms with Gasteiger partial charge in [0.2, 0.25) is 5.88 Å². The summed E-state index contributed by atoms with van der Waals surface area (Å²) in [5.41, 5.74) is 8.76. The SMILES string of the molecule is COc1nc2c(cc1N)CN(C(C)C)C2. The zero-order chi connectivity index (χ0) is 11.0. The van der Waals surface area contributed by atoms with Gasteiger partial charge < -0.3 is 10.5 Å². The van der Waals surface area contributed by atoms with Crippen molar-refractivity contribution >= 4 is 5.69 Å². The Morgan fingerprint density at radius 2 is 2.20 bits per heavy atom. The molecule has 82 valence electrons. The van der Waals surface area contributed by atoms with Crippen LogP contribution >= 0.6 is 0 Å². The fraction of sp³-hybridized carbons (Fsp3) is 0.545. The molecule has 0 fully saturated rings. The van der Waals surface area contributed by atoms with Gasteiger partial charge in [-0.25, -0.2) is 4.98 Å². The van der Waals surface area contributed by atoms with Crippen LogP contribution in [0.2, 0.25) is 0 Å². The minimum Gasteiger partial charge on any atom is -0.480 e. The molecule has 1 aliphatic heterocycles. The van der Waals surface area contributed by atoms with Gasteiger partial charge in [0, 0.05) is 19.1 Å². The summed E-state index contributed by atoms with van der Waals surface area (Å²) < 4.78 is 5.11. The highest BCUT2D eigenvalue weighted by atomic mass is 16.5. The minimum atomic E-state index is 0.534. The van der Waals surface area contributed by atoms with E-state index in [1.165, 1.54) is 5.56 Å². The monoisotopic (exact) mass is 207 g/mol. The lowest BCUT2D eigenvalue weighted by Gasteiger charge is -2.18. The molecule has 0 aliphatic carbocycles. The Balaban J connectivity index is 2.31. The number of nitrogen functional groups attached to an aromatic ring is 1. The molecule has 4 heteroatoms. The van der Waals surface area contributed by atoms with E-state index in [4.69, 9.17) is 10.5 Å². The summed E-state index contributed by atoms with van der Waals surface area (Å²) in [5.74, 6) is 0.541. The van der Waals surface area contributed by atoms with Crippen LogP contribution in [0.1, 0.15) is 25.1 Å². The fourth-order valence-electron chi connectivity index (χ4n) is 1.86. The van der Waals surface area contributed by atoms with Gasteiger partial charge in [0.05, 0.1) is 18.5 Å². The smallest absolute Gasteiger partial charge is 0.237 e. The third kappa shape index (κ3) is 1.77. The third-order valence-corrected chi connectivity index (χ3v) is 2.83. The molecule has 0 atom stereocenters. The molecule has 4 nitrogen and oxygen atoms in total. The number of aromatic nitrogens is 1. The highest BCUT2D eigenvalue weighted by Gasteiger charge is 2.23. The van der Waals surface area contributed by atoms with E-state index in [-0.39, 0.29) is 0 Å². The molecule has 0 saturated carbocycles. The van der Waals surface area contributed by atoms with Gasteiger partial charge in [0.1, 0.15) is 0 Å². The van der Waals surface area contributed by atoms with E-state index >= 15 is 0 Å². The van der Waals surface area contributed by atoms with Crippen LogP contribution < -0.4 is 10.5 Å². The lowest BCUT2D eigenvalue weighted by Crippen LogP contribution is -2.24. The Labute approximate surface area is 90.0 Å². The van der Waals surface area contributed by atoms with E-state index in [1.54, 1.807) is 7.11 Å². The Bertz CT molecular complexity index is 376. The maximum absolute atomic E-state index is 5.82. The van der Waals surface area contributed by atoms with E-state index in [1.807, 2.05) is 6.07 Å². The van der Waals surface area contributed by atoms with Crippen molar-refractivity contribution in [3.05, 3.63) is 17.3 Å². The van der Waals surface area contributed by atoms with Gasteiger partial charge in [-0.15, -0.1) is 0 Å². The second-order valence-electron chi connectivity index (χ2n) is 4.19. The molecule has 0 bridgehead atoms. The van der Waals surface area contributed by atoms with Gasteiger partial charge in [-0.05, 0) is 25.5 Å². The summed E-state index contributed by atoms with van der Waals surface area (Å²) in [6.45, 7) is 6.21. The molecular formula is C11H17N3O. The third-order valence-electron chi connectivity index (χ3n) is 2.83. The molecule has 0 unspecified atom stereocenters. The molecule has 15 heavy (non-hydrogen) atoms. The maximum atomic E-state index is 5.82. The molecule has 2 heterocycles. The average molecular weight is 207 g/mol. The number of nitrogens with zero attached hydrogens (tertiary/aromatic N) is 2. The zero-order valence-corrected chi connectivity index (χ0v) is 9.45. The van der Waals surface area contributed by atoms with Gasteiger partial charge in [-0.2, -0.15) is 0 Å². The second-order valence-corrected chi connectivity index (χ2v) is 4.19. The van der Waals surface area contributed by atoms with Gasteiger partial charge in [0.25, 0.3) is 0 Å². The van der Waals surface area contributed by atoms with Crippen molar-refractivity contribution in [2.45, 2.75) is 33.0 Å². The van der Waals surface area contributed by atoms with Crippen molar-refractivity contribution in [2.75, 3.05) is 12.8 Å². The summed E-state index contributed by atoms with van der Waals surface area (Å²) in [5, 5.41) is 0. The number of anilines is 1. The van der Waals surface area contributed by atoms with Gasteiger partial charge in [0.15, 0.2) is 0 Å². The molecular weight excluding hydrogens is 190 g/mol. The summed E-state index contributed by atoms with van der Waals surface area (Å²) in [6, 6.07) is 2.51. The molecule has 1 aromatic rings.